The van der Waals surface area contributed by atoms with Crippen molar-refractivity contribution in [2.24, 2.45) is 11.5 Å². The molecule has 0 amide bonds. The van der Waals surface area contributed by atoms with Crippen molar-refractivity contribution in [2.45, 2.75) is 0 Å². The number of hydrogen-bond acceptors (Lipinski definition) is 8. The average Bonchev–Trinajstić information content (AvgIpc) is 1.86. The Hall–Kier alpha value is 0.363. The molecule has 0 unspecified atom stereocenters. The first-order valence-corrected chi connectivity index (χ1v) is 5.55. The summed E-state index contributed by atoms with van der Waals surface area (Å²) in [5.74, 6) is -1.62. The van der Waals surface area contributed by atoms with Gasteiger partial charge in [-0.25, -0.2) is 16.8 Å². The van der Waals surface area contributed by atoms with Gasteiger partial charge in [0.1, 0.15) is 20.2 Å². The van der Waals surface area contributed by atoms with Crippen LogP contribution in [0.4, 0.5) is 0 Å². The van der Waals surface area contributed by atoms with Gasteiger partial charge in [-0.15, -0.1) is 0 Å². The van der Waals surface area contributed by atoms with Gasteiger partial charge in [0, 0.05) is 0 Å². The zero-order valence-electron chi connectivity index (χ0n) is 6.54. The smallest absolute Gasteiger partial charge is 0.747 e. The van der Waals surface area contributed by atoms with E-state index < -0.39 is 32.0 Å². The Labute approximate surface area is 88.9 Å². The Morgan fingerprint density at radius 1 is 0.846 bits per heavy atom. The van der Waals surface area contributed by atoms with Crippen LogP contribution in [0.3, 0.4) is 0 Å². The Bertz CT molecular complexity index is 263. The van der Waals surface area contributed by atoms with Crippen molar-refractivity contribution in [2.75, 3.05) is 11.8 Å². The minimum absolute atomic E-state index is 0. The summed E-state index contributed by atoms with van der Waals surface area (Å²) in [6.45, 7) is 0. The van der Waals surface area contributed by atoms with E-state index in [1.165, 1.54) is 0 Å². The molecule has 0 aromatic carbocycles. The van der Waals surface area contributed by atoms with Crippen molar-refractivity contribution in [1.29, 1.82) is 0 Å². The first kappa shape index (κ1) is 19.0. The van der Waals surface area contributed by atoms with Gasteiger partial charge in [0.05, 0.1) is 11.8 Å². The predicted molar refractivity (Wildman–Crippen MR) is 37.5 cm³/mol. The molecule has 4 N–H and O–H groups in total. The Kier molecular flexibility index (Phi) is 11.3. The monoisotopic (exact) mass is 284 g/mol. The summed E-state index contributed by atoms with van der Waals surface area (Å²) < 4.78 is 55.9. The van der Waals surface area contributed by atoms with Crippen molar-refractivity contribution in [3.05, 3.63) is 0 Å². The van der Waals surface area contributed by atoms with E-state index in [1.807, 2.05) is 0 Å². The Morgan fingerprint density at radius 3 is 0.923 bits per heavy atom. The second-order valence-electron chi connectivity index (χ2n) is 1.45. The molecule has 0 radical (unpaired) electrons. The molecule has 8 nitrogen and oxygen atoms in total. The maximum absolute atomic E-state index is 9.32. The molecule has 0 atom stereocenters. The first-order valence-electron chi connectivity index (χ1n) is 2.39. The van der Waals surface area contributed by atoms with Crippen LogP contribution in [0.1, 0.15) is 0 Å². The summed E-state index contributed by atoms with van der Waals surface area (Å²) in [5, 5.41) is 0. The molecule has 0 bridgehead atoms. The molecule has 0 aromatic rings. The maximum atomic E-state index is 9.32. The molecule has 76 valence electrons. The molecular formula is C2H8N2O6S2Zn. The molecule has 0 aromatic heterocycles. The molecule has 0 aliphatic carbocycles. The van der Waals surface area contributed by atoms with Gasteiger partial charge in [-0.2, -0.15) is 0 Å². The zero-order valence-corrected chi connectivity index (χ0v) is 11.1. The molecule has 0 aliphatic heterocycles. The summed E-state index contributed by atoms with van der Waals surface area (Å²) in [5.41, 5.74) is 8.81. The van der Waals surface area contributed by atoms with Crippen LogP contribution in [0.15, 0.2) is 0 Å². The van der Waals surface area contributed by atoms with E-state index in [0.29, 0.717) is 0 Å². The Balaban J connectivity index is -0.000000143. The van der Waals surface area contributed by atoms with Crippen LogP contribution in [-0.4, -0.2) is 37.7 Å². The second-order valence-corrected chi connectivity index (χ2v) is 4.35. The van der Waals surface area contributed by atoms with E-state index >= 15 is 0 Å². The van der Waals surface area contributed by atoms with Gasteiger partial charge in [-0.05, 0) is 0 Å². The van der Waals surface area contributed by atoms with Crippen LogP contribution in [-0.2, 0) is 39.7 Å². The third-order valence-electron chi connectivity index (χ3n) is 0.408. The van der Waals surface area contributed by atoms with Crippen LogP contribution >= 0.6 is 0 Å². The summed E-state index contributed by atoms with van der Waals surface area (Å²) in [6.07, 6.45) is 0. The normalized spacial score (nSPS) is 10.8. The SMILES string of the molecule is NCS(=O)(=O)[O-].NCS(=O)(=O)[O-].[Zn+2]. The molecule has 0 spiro atoms. The van der Waals surface area contributed by atoms with Gasteiger partial charge in [0.15, 0.2) is 0 Å². The topological polar surface area (TPSA) is 166 Å². The molecule has 13 heavy (non-hydrogen) atoms. The minimum Gasteiger partial charge on any atom is -0.747 e. The predicted octanol–water partition coefficient (Wildman–Crippen LogP) is -3.11. The molecule has 0 aliphatic rings. The summed E-state index contributed by atoms with van der Waals surface area (Å²) >= 11 is 0. The largest absolute Gasteiger partial charge is 2.00 e. The van der Waals surface area contributed by atoms with E-state index in [1.54, 1.807) is 0 Å². The van der Waals surface area contributed by atoms with E-state index in [4.69, 9.17) is 0 Å². The standard InChI is InChI=1S/2CH5NO3S.Zn/c2*2-1-6(3,4)5;/h2*1-2H2,(H,3,4,5);/q;;+2/p-2. The summed E-state index contributed by atoms with van der Waals surface area (Å²) in [7, 11) is -8.27. The number of hydrogen-bond donors (Lipinski definition) is 2. The van der Waals surface area contributed by atoms with Crippen LogP contribution in [0.2, 0.25) is 0 Å². The fourth-order valence-electron chi connectivity index (χ4n) is 0. The van der Waals surface area contributed by atoms with Crippen molar-refractivity contribution in [3.8, 4) is 0 Å². The molecular weight excluding hydrogens is 278 g/mol. The zero-order chi connectivity index (χ0) is 10.4. The Morgan fingerprint density at radius 2 is 0.923 bits per heavy atom. The average molecular weight is 286 g/mol. The van der Waals surface area contributed by atoms with E-state index in [2.05, 4.69) is 11.5 Å². The first-order chi connectivity index (χ1) is 5.12. The van der Waals surface area contributed by atoms with Crippen molar-refractivity contribution in [3.63, 3.8) is 0 Å². The van der Waals surface area contributed by atoms with Crippen molar-refractivity contribution >= 4 is 20.2 Å². The van der Waals surface area contributed by atoms with Crippen LogP contribution in [0.5, 0.6) is 0 Å². The van der Waals surface area contributed by atoms with Gasteiger partial charge in [-0.3, -0.25) is 0 Å². The van der Waals surface area contributed by atoms with E-state index in [-0.39, 0.29) is 19.5 Å². The van der Waals surface area contributed by atoms with Gasteiger partial charge in [0.25, 0.3) is 0 Å². The third-order valence-corrected chi connectivity index (χ3v) is 1.22. The summed E-state index contributed by atoms with van der Waals surface area (Å²) in [6, 6.07) is 0. The fraction of sp³-hybridized carbons (Fsp3) is 1.00. The van der Waals surface area contributed by atoms with Gasteiger partial charge >= 0.3 is 19.5 Å². The molecule has 0 saturated carbocycles. The fourth-order valence-corrected chi connectivity index (χ4v) is 0. The maximum Gasteiger partial charge on any atom is 2.00 e. The quantitative estimate of drug-likeness (QED) is 0.397. The third kappa shape index (κ3) is 32.8. The van der Waals surface area contributed by atoms with E-state index in [0.717, 1.165) is 0 Å². The van der Waals surface area contributed by atoms with Gasteiger partial charge in [0.2, 0.25) is 0 Å². The van der Waals surface area contributed by atoms with Crippen LogP contribution < -0.4 is 11.5 Å². The van der Waals surface area contributed by atoms with E-state index in [9.17, 15) is 25.9 Å². The molecule has 0 fully saturated rings. The van der Waals surface area contributed by atoms with Gasteiger partial charge < -0.3 is 20.6 Å². The van der Waals surface area contributed by atoms with Crippen molar-refractivity contribution < 1.29 is 45.4 Å². The number of rotatable bonds is 2. The van der Waals surface area contributed by atoms with Gasteiger partial charge in [-0.1, -0.05) is 0 Å². The van der Waals surface area contributed by atoms with Crippen LogP contribution in [0, 0.1) is 0 Å². The minimum atomic E-state index is -4.13. The van der Waals surface area contributed by atoms with Crippen LogP contribution in [0.25, 0.3) is 0 Å². The number of nitrogens with two attached hydrogens (primary N) is 2. The molecule has 0 saturated heterocycles. The van der Waals surface area contributed by atoms with Crippen molar-refractivity contribution in [1.82, 2.24) is 0 Å². The molecule has 0 rings (SSSR count). The second kappa shape index (κ2) is 7.74. The molecule has 11 heteroatoms. The molecule has 0 heterocycles. The summed E-state index contributed by atoms with van der Waals surface area (Å²) in [4.78, 5) is 0.